The summed E-state index contributed by atoms with van der Waals surface area (Å²) in [7, 11) is 2.03. The Morgan fingerprint density at radius 2 is 2.31 bits per heavy atom. The number of nitrogens with zero attached hydrogens (tertiary/aromatic N) is 2. The molecule has 0 saturated heterocycles. The molecule has 2 rings (SSSR count). The molecule has 13 heavy (non-hydrogen) atoms. The Labute approximate surface area is 89.4 Å². The van der Waals surface area contributed by atoms with Crippen molar-refractivity contribution in [1.82, 2.24) is 9.55 Å². The Morgan fingerprint density at radius 3 is 2.77 bits per heavy atom. The Morgan fingerprint density at radius 1 is 1.54 bits per heavy atom. The van der Waals surface area contributed by atoms with Crippen LogP contribution in [0, 0.1) is 6.92 Å². The van der Waals surface area contributed by atoms with Gasteiger partial charge in [0, 0.05) is 7.05 Å². The van der Waals surface area contributed by atoms with Crippen molar-refractivity contribution >= 4 is 27.3 Å². The number of hydrogen-bond donors (Lipinski definition) is 0. The molecule has 0 atom stereocenters. The quantitative estimate of drug-likeness (QED) is 0.767. The van der Waals surface area contributed by atoms with Crippen LogP contribution in [0.15, 0.2) is 22.1 Å². The summed E-state index contributed by atoms with van der Waals surface area (Å²) in [5.74, 6) is 1.02. The maximum Gasteiger partial charge on any atom is 0.133 e. The standard InChI is InChI=1S/C9H9BrN2S/c1-6-11-9(10)8(12(6)2)7-4-3-5-13-7/h3-5H,1-2H3. The van der Waals surface area contributed by atoms with Crippen molar-refractivity contribution in [1.29, 1.82) is 0 Å². The van der Waals surface area contributed by atoms with E-state index in [9.17, 15) is 0 Å². The van der Waals surface area contributed by atoms with Gasteiger partial charge in [-0.1, -0.05) is 6.07 Å². The Hall–Kier alpha value is -0.610. The molecule has 0 unspecified atom stereocenters. The minimum absolute atomic E-state index is 0.926. The van der Waals surface area contributed by atoms with E-state index >= 15 is 0 Å². The van der Waals surface area contributed by atoms with Crippen LogP contribution >= 0.6 is 27.3 Å². The molecule has 0 saturated carbocycles. The molecule has 0 fully saturated rings. The Balaban J connectivity index is 2.64. The molecule has 0 bridgehead atoms. The molecule has 68 valence electrons. The van der Waals surface area contributed by atoms with E-state index in [1.807, 2.05) is 14.0 Å². The number of rotatable bonds is 1. The number of aryl methyl sites for hydroxylation is 1. The topological polar surface area (TPSA) is 17.8 Å². The van der Waals surface area contributed by atoms with Crippen LogP contribution in [0.5, 0.6) is 0 Å². The van der Waals surface area contributed by atoms with Crippen molar-refractivity contribution in [3.8, 4) is 10.6 Å². The second kappa shape index (κ2) is 3.27. The molecule has 0 aliphatic heterocycles. The number of hydrogen-bond acceptors (Lipinski definition) is 2. The number of thiophene rings is 1. The summed E-state index contributed by atoms with van der Waals surface area (Å²) in [6, 6.07) is 4.15. The molecule has 0 aliphatic rings. The fraction of sp³-hybridized carbons (Fsp3) is 0.222. The summed E-state index contributed by atoms with van der Waals surface area (Å²) < 4.78 is 3.02. The zero-order valence-electron chi connectivity index (χ0n) is 7.41. The lowest BCUT2D eigenvalue weighted by molar-refractivity contribution is 0.866. The molecule has 0 radical (unpaired) electrons. The maximum absolute atomic E-state index is 4.35. The van der Waals surface area contributed by atoms with Gasteiger partial charge in [-0.25, -0.2) is 4.98 Å². The van der Waals surface area contributed by atoms with Gasteiger partial charge in [0.25, 0.3) is 0 Å². The number of halogens is 1. The van der Waals surface area contributed by atoms with Gasteiger partial charge in [0.15, 0.2) is 0 Å². The van der Waals surface area contributed by atoms with E-state index in [-0.39, 0.29) is 0 Å². The van der Waals surface area contributed by atoms with Gasteiger partial charge < -0.3 is 4.57 Å². The van der Waals surface area contributed by atoms with E-state index in [2.05, 4.69) is 43.0 Å². The Bertz CT molecular complexity index is 417. The molecule has 0 amide bonds. The van der Waals surface area contributed by atoms with Gasteiger partial charge in [0.1, 0.15) is 10.4 Å². The van der Waals surface area contributed by atoms with Gasteiger partial charge >= 0.3 is 0 Å². The van der Waals surface area contributed by atoms with Crippen LogP contribution in [0.25, 0.3) is 10.6 Å². The first kappa shape index (κ1) is 8.97. The third-order valence-electron chi connectivity index (χ3n) is 2.03. The Kier molecular flexibility index (Phi) is 2.26. The third kappa shape index (κ3) is 1.44. The smallest absolute Gasteiger partial charge is 0.133 e. The molecule has 0 aliphatic carbocycles. The van der Waals surface area contributed by atoms with Gasteiger partial charge in [-0.2, -0.15) is 0 Å². The summed E-state index contributed by atoms with van der Waals surface area (Å²) in [6.45, 7) is 2.00. The predicted molar refractivity (Wildman–Crippen MR) is 59.0 cm³/mol. The number of imidazole rings is 1. The average Bonchev–Trinajstić information content (AvgIpc) is 2.63. The molecule has 2 aromatic rings. The molecule has 0 aromatic carbocycles. The van der Waals surface area contributed by atoms with Crippen molar-refractivity contribution in [2.75, 3.05) is 0 Å². The third-order valence-corrected chi connectivity index (χ3v) is 3.46. The summed E-state index contributed by atoms with van der Waals surface area (Å²) in [4.78, 5) is 5.60. The molecule has 0 N–H and O–H groups in total. The highest BCUT2D eigenvalue weighted by Gasteiger charge is 2.11. The number of aromatic nitrogens is 2. The fourth-order valence-corrected chi connectivity index (χ4v) is 2.92. The maximum atomic E-state index is 4.35. The highest BCUT2D eigenvalue weighted by Crippen LogP contribution is 2.31. The van der Waals surface area contributed by atoms with E-state index < -0.39 is 0 Å². The van der Waals surface area contributed by atoms with E-state index in [0.29, 0.717) is 0 Å². The van der Waals surface area contributed by atoms with Crippen molar-refractivity contribution < 1.29 is 0 Å². The van der Waals surface area contributed by atoms with Crippen LogP contribution in [0.3, 0.4) is 0 Å². The van der Waals surface area contributed by atoms with Gasteiger partial charge in [-0.15, -0.1) is 11.3 Å². The minimum Gasteiger partial charge on any atom is -0.330 e. The van der Waals surface area contributed by atoms with E-state index in [0.717, 1.165) is 16.1 Å². The molecule has 0 spiro atoms. The molecule has 4 heteroatoms. The second-order valence-electron chi connectivity index (χ2n) is 2.83. The van der Waals surface area contributed by atoms with Crippen LogP contribution in [0.1, 0.15) is 5.82 Å². The van der Waals surface area contributed by atoms with Crippen LogP contribution in [-0.4, -0.2) is 9.55 Å². The zero-order chi connectivity index (χ0) is 9.42. The molecular weight excluding hydrogens is 248 g/mol. The first-order valence-corrected chi connectivity index (χ1v) is 5.60. The van der Waals surface area contributed by atoms with E-state index in [1.54, 1.807) is 11.3 Å². The molecule has 2 heterocycles. The highest BCUT2D eigenvalue weighted by atomic mass is 79.9. The monoisotopic (exact) mass is 256 g/mol. The fourth-order valence-electron chi connectivity index (χ4n) is 1.25. The normalized spacial score (nSPS) is 10.7. The van der Waals surface area contributed by atoms with Crippen molar-refractivity contribution in [2.24, 2.45) is 7.05 Å². The molecule has 2 aromatic heterocycles. The van der Waals surface area contributed by atoms with Crippen LogP contribution in [-0.2, 0) is 7.05 Å². The second-order valence-corrected chi connectivity index (χ2v) is 4.53. The highest BCUT2D eigenvalue weighted by molar-refractivity contribution is 9.10. The van der Waals surface area contributed by atoms with E-state index in [1.165, 1.54) is 4.88 Å². The van der Waals surface area contributed by atoms with Gasteiger partial charge in [-0.3, -0.25) is 0 Å². The largest absolute Gasteiger partial charge is 0.330 e. The lowest BCUT2D eigenvalue weighted by Crippen LogP contribution is -1.92. The van der Waals surface area contributed by atoms with Crippen molar-refractivity contribution in [3.63, 3.8) is 0 Å². The summed E-state index contributed by atoms with van der Waals surface area (Å²) in [5, 5.41) is 2.07. The predicted octanol–water partition coefficient (Wildman–Crippen LogP) is 3.22. The molecular formula is C9H9BrN2S. The van der Waals surface area contributed by atoms with Crippen LogP contribution < -0.4 is 0 Å². The summed E-state index contributed by atoms with van der Waals surface area (Å²) >= 11 is 5.19. The van der Waals surface area contributed by atoms with Crippen molar-refractivity contribution in [2.45, 2.75) is 6.92 Å². The van der Waals surface area contributed by atoms with Gasteiger partial charge in [0.2, 0.25) is 0 Å². The summed E-state index contributed by atoms with van der Waals surface area (Å²) in [6.07, 6.45) is 0. The SMILES string of the molecule is Cc1nc(Br)c(-c2cccs2)n1C. The van der Waals surface area contributed by atoms with E-state index in [4.69, 9.17) is 0 Å². The average molecular weight is 257 g/mol. The lowest BCUT2D eigenvalue weighted by atomic mass is 10.4. The van der Waals surface area contributed by atoms with Gasteiger partial charge in [0.05, 0.1) is 10.6 Å². The van der Waals surface area contributed by atoms with Gasteiger partial charge in [-0.05, 0) is 34.3 Å². The van der Waals surface area contributed by atoms with Crippen molar-refractivity contribution in [3.05, 3.63) is 27.9 Å². The van der Waals surface area contributed by atoms with Crippen LogP contribution in [0.2, 0.25) is 0 Å². The zero-order valence-corrected chi connectivity index (χ0v) is 9.82. The first-order valence-electron chi connectivity index (χ1n) is 3.93. The first-order chi connectivity index (χ1) is 6.20. The lowest BCUT2D eigenvalue weighted by Gasteiger charge is -2.00. The van der Waals surface area contributed by atoms with Crippen LogP contribution in [0.4, 0.5) is 0 Å². The molecule has 2 nitrogen and oxygen atoms in total. The summed E-state index contributed by atoms with van der Waals surface area (Å²) in [5.41, 5.74) is 1.16. The minimum atomic E-state index is 0.926.